The fourth-order valence-corrected chi connectivity index (χ4v) is 9.66. The monoisotopic (exact) mass is 764 g/mol. The van der Waals surface area contributed by atoms with Gasteiger partial charge in [0.1, 0.15) is 0 Å². The highest BCUT2D eigenvalue weighted by atomic mass is 15.0. The average Bonchev–Trinajstić information content (AvgIpc) is 3.59. The molecule has 2 aromatic heterocycles. The predicted octanol–water partition coefficient (Wildman–Crippen LogP) is 14.8. The molecule has 1 aliphatic rings. The molecule has 0 saturated heterocycles. The maximum atomic E-state index is 5.10. The molecular weight excluding hydrogens is 729 g/mol. The van der Waals surface area contributed by atoms with E-state index in [0.29, 0.717) is 17.5 Å². The van der Waals surface area contributed by atoms with Gasteiger partial charge in [-0.2, -0.15) is 0 Å². The van der Waals surface area contributed by atoms with Crippen LogP contribution in [0.15, 0.2) is 183 Å². The largest absolute Gasteiger partial charge is 0.309 e. The van der Waals surface area contributed by atoms with E-state index in [1.54, 1.807) is 0 Å². The molecule has 60 heavy (non-hydrogen) atoms. The summed E-state index contributed by atoms with van der Waals surface area (Å²) in [6.07, 6.45) is 6.44. The minimum absolute atomic E-state index is 0.631. The number of nitrogens with zero attached hydrogens (tertiary/aromatic N) is 4. The van der Waals surface area contributed by atoms with Crippen LogP contribution in [-0.2, 0) is 0 Å². The van der Waals surface area contributed by atoms with Gasteiger partial charge in [-0.1, -0.05) is 152 Å². The predicted molar refractivity (Wildman–Crippen MR) is 252 cm³/mol. The van der Waals surface area contributed by atoms with Crippen molar-refractivity contribution in [2.75, 3.05) is 0 Å². The first-order valence-electron chi connectivity index (χ1n) is 20.4. The van der Waals surface area contributed by atoms with Gasteiger partial charge in [0.05, 0.1) is 11.0 Å². The molecule has 12 rings (SSSR count). The van der Waals surface area contributed by atoms with Gasteiger partial charge in [-0.25, -0.2) is 15.0 Å². The number of rotatable bonds is 6. The van der Waals surface area contributed by atoms with E-state index in [0.717, 1.165) is 38.8 Å². The van der Waals surface area contributed by atoms with E-state index in [4.69, 9.17) is 15.0 Å². The van der Waals surface area contributed by atoms with Gasteiger partial charge >= 0.3 is 0 Å². The van der Waals surface area contributed by atoms with Gasteiger partial charge in [0.25, 0.3) is 0 Å². The van der Waals surface area contributed by atoms with Crippen molar-refractivity contribution in [3.63, 3.8) is 0 Å². The molecule has 0 fully saturated rings. The first kappa shape index (κ1) is 34.1. The molecule has 1 aliphatic carbocycles. The van der Waals surface area contributed by atoms with Crippen LogP contribution in [0.1, 0.15) is 18.1 Å². The highest BCUT2D eigenvalue weighted by Gasteiger charge is 2.28. The second kappa shape index (κ2) is 13.3. The van der Waals surface area contributed by atoms with Gasteiger partial charge in [-0.05, 0) is 115 Å². The molecule has 0 aliphatic heterocycles. The van der Waals surface area contributed by atoms with Crippen LogP contribution >= 0.6 is 0 Å². The van der Waals surface area contributed by atoms with Crippen molar-refractivity contribution in [2.24, 2.45) is 0 Å². The summed E-state index contributed by atoms with van der Waals surface area (Å²) >= 11 is 0. The molecule has 0 unspecified atom stereocenters. The van der Waals surface area contributed by atoms with E-state index >= 15 is 0 Å². The Hall–Kier alpha value is -7.95. The Morgan fingerprint density at radius 3 is 1.82 bits per heavy atom. The van der Waals surface area contributed by atoms with Crippen molar-refractivity contribution in [2.45, 2.75) is 6.92 Å². The molecule has 2 heterocycles. The summed E-state index contributed by atoms with van der Waals surface area (Å²) in [5.74, 6) is 1.92. The zero-order chi connectivity index (χ0) is 39.9. The molecule has 0 saturated carbocycles. The van der Waals surface area contributed by atoms with Crippen molar-refractivity contribution < 1.29 is 0 Å². The van der Waals surface area contributed by atoms with Gasteiger partial charge in [-0.15, -0.1) is 0 Å². The third-order valence-electron chi connectivity index (χ3n) is 12.2. The van der Waals surface area contributed by atoms with Gasteiger partial charge in [0.15, 0.2) is 17.5 Å². The molecular formula is C56H36N4. The first-order valence-corrected chi connectivity index (χ1v) is 20.4. The molecule has 0 amide bonds. The highest BCUT2D eigenvalue weighted by molar-refractivity contribution is 6.33. The molecule has 11 aromatic rings. The highest BCUT2D eigenvalue weighted by Crippen LogP contribution is 2.53. The molecule has 280 valence electrons. The maximum absolute atomic E-state index is 5.10. The first-order chi connectivity index (χ1) is 29.7. The lowest BCUT2D eigenvalue weighted by molar-refractivity contribution is 1.07. The number of benzene rings is 9. The zero-order valence-corrected chi connectivity index (χ0v) is 32.9. The third-order valence-corrected chi connectivity index (χ3v) is 12.2. The van der Waals surface area contributed by atoms with Crippen LogP contribution in [0.3, 0.4) is 0 Å². The van der Waals surface area contributed by atoms with Crippen LogP contribution < -0.4 is 0 Å². The molecule has 0 N–H and O–H groups in total. The van der Waals surface area contributed by atoms with Crippen molar-refractivity contribution in [3.8, 4) is 62.1 Å². The SMILES string of the molecule is C=Cc1c(/C=C\C)c2c(c3ccccc13)-c1cccc3ccc4c(c13)c1c-2cccc1n4-c1ccc(-c2nc(-c3ccccc3)nc(-c3ccc4ccccc4c3)n2)cc1. The summed E-state index contributed by atoms with van der Waals surface area (Å²) in [5, 5.41) is 9.82. The second-order valence-electron chi connectivity index (χ2n) is 15.5. The molecule has 0 bridgehead atoms. The molecule has 0 radical (unpaired) electrons. The van der Waals surface area contributed by atoms with Gasteiger partial charge in [0.2, 0.25) is 0 Å². The van der Waals surface area contributed by atoms with E-state index in [1.807, 2.05) is 36.4 Å². The summed E-state index contributed by atoms with van der Waals surface area (Å²) in [6.45, 7) is 6.44. The van der Waals surface area contributed by atoms with Crippen LogP contribution in [0.25, 0.3) is 128 Å². The summed E-state index contributed by atoms with van der Waals surface area (Å²) in [6, 6.07) is 60.6. The molecule has 0 atom stereocenters. The lowest BCUT2D eigenvalue weighted by Crippen LogP contribution is -2.01. The summed E-state index contributed by atoms with van der Waals surface area (Å²) in [7, 11) is 0. The van der Waals surface area contributed by atoms with Crippen LogP contribution in [0.4, 0.5) is 0 Å². The smallest absolute Gasteiger partial charge is 0.164 e. The summed E-state index contributed by atoms with van der Waals surface area (Å²) in [5.41, 5.74) is 13.6. The van der Waals surface area contributed by atoms with Crippen molar-refractivity contribution in [3.05, 3.63) is 194 Å². The summed E-state index contributed by atoms with van der Waals surface area (Å²) in [4.78, 5) is 15.2. The molecule has 4 heteroatoms. The van der Waals surface area contributed by atoms with Crippen LogP contribution in [0, 0.1) is 0 Å². The molecule has 0 spiro atoms. The van der Waals surface area contributed by atoms with E-state index in [-0.39, 0.29) is 0 Å². The Kier molecular flexibility index (Phi) is 7.56. The number of aromatic nitrogens is 4. The Labute approximate surface area is 347 Å². The normalized spacial score (nSPS) is 12.1. The van der Waals surface area contributed by atoms with E-state index < -0.39 is 0 Å². The third kappa shape index (κ3) is 5.01. The number of hydrogen-bond donors (Lipinski definition) is 0. The van der Waals surface area contributed by atoms with Gasteiger partial charge in [0, 0.05) is 33.2 Å². The van der Waals surface area contributed by atoms with Crippen LogP contribution in [0.2, 0.25) is 0 Å². The Morgan fingerprint density at radius 1 is 0.450 bits per heavy atom. The fraction of sp³-hybridized carbons (Fsp3) is 0.0179. The van der Waals surface area contributed by atoms with Crippen molar-refractivity contribution in [1.82, 2.24) is 19.5 Å². The lowest BCUT2D eigenvalue weighted by atomic mass is 9.82. The topological polar surface area (TPSA) is 43.6 Å². The van der Waals surface area contributed by atoms with Crippen LogP contribution in [0.5, 0.6) is 0 Å². The van der Waals surface area contributed by atoms with Crippen LogP contribution in [-0.4, -0.2) is 19.5 Å². The molecule has 4 nitrogen and oxygen atoms in total. The minimum atomic E-state index is 0.631. The fourth-order valence-electron chi connectivity index (χ4n) is 9.66. The quantitative estimate of drug-likeness (QED) is 0.169. The Balaban J connectivity index is 1.08. The molecule has 9 aromatic carbocycles. The summed E-state index contributed by atoms with van der Waals surface area (Å²) < 4.78 is 2.42. The number of allylic oxidation sites excluding steroid dienone is 1. The minimum Gasteiger partial charge on any atom is -0.309 e. The van der Waals surface area contributed by atoms with Crippen molar-refractivity contribution >= 4 is 66.3 Å². The maximum Gasteiger partial charge on any atom is 0.164 e. The second-order valence-corrected chi connectivity index (χ2v) is 15.5. The number of hydrogen-bond acceptors (Lipinski definition) is 3. The Morgan fingerprint density at radius 2 is 1.05 bits per heavy atom. The van der Waals surface area contributed by atoms with Crippen molar-refractivity contribution in [1.29, 1.82) is 0 Å². The average molecular weight is 765 g/mol. The lowest BCUT2D eigenvalue weighted by Gasteiger charge is -2.21. The number of fused-ring (bicyclic) bond motifs is 6. The van der Waals surface area contributed by atoms with E-state index in [9.17, 15) is 0 Å². The van der Waals surface area contributed by atoms with Gasteiger partial charge < -0.3 is 4.57 Å². The Bertz CT molecular complexity index is 3610. The standard InChI is InChI=1S/C56H36N4/c1-3-14-43-41(4-2)42-20-10-11-21-44(42)51-45-22-12-19-35-29-32-48-53(49(35)45)52-46(50(43)51)23-13-24-47(52)60(48)40-30-27-37(28-31-40)55-57-54(36-16-6-5-7-17-36)58-56(59-55)39-26-25-34-15-8-9-18-38(34)33-39/h3-33H,2H2,1H3/b14-3-. The zero-order valence-electron chi connectivity index (χ0n) is 32.9. The van der Waals surface area contributed by atoms with E-state index in [2.05, 4.69) is 170 Å². The van der Waals surface area contributed by atoms with E-state index in [1.165, 1.54) is 71.0 Å². The van der Waals surface area contributed by atoms with Gasteiger partial charge in [-0.3, -0.25) is 0 Å².